The third-order valence-corrected chi connectivity index (χ3v) is 6.63. The highest BCUT2D eigenvalue weighted by Crippen LogP contribution is 2.42. The number of aliphatic hydroxyl groups is 1. The lowest BCUT2D eigenvalue weighted by molar-refractivity contribution is 0.282. The third kappa shape index (κ3) is 3.25. The van der Waals surface area contributed by atoms with Crippen molar-refractivity contribution in [2.24, 2.45) is 5.14 Å². The smallest absolute Gasteiger partial charge is 0.247 e. The van der Waals surface area contributed by atoms with E-state index in [2.05, 4.69) is 5.32 Å². The van der Waals surface area contributed by atoms with Crippen LogP contribution in [-0.4, -0.2) is 32.4 Å². The van der Waals surface area contributed by atoms with E-state index in [0.717, 1.165) is 28.5 Å². The predicted octanol–water partition coefficient (Wildman–Crippen LogP) is 0.904. The molecule has 0 saturated carbocycles. The van der Waals surface area contributed by atoms with Crippen molar-refractivity contribution < 1.29 is 13.5 Å². The highest BCUT2D eigenvalue weighted by molar-refractivity contribution is 8.01. The number of hydrogen-bond donors (Lipinski definition) is 3. The molecule has 0 aromatic carbocycles. The van der Waals surface area contributed by atoms with Crippen LogP contribution in [0.4, 0.5) is 0 Å². The number of aliphatic hydroxyl groups excluding tert-OH is 1. The van der Waals surface area contributed by atoms with Gasteiger partial charge >= 0.3 is 0 Å². The molecule has 1 aromatic rings. The third-order valence-electron chi connectivity index (χ3n) is 2.72. The highest BCUT2D eigenvalue weighted by atomic mass is 32.3. The molecule has 1 unspecified atom stereocenters. The number of primary sulfonamides is 1. The minimum Gasteiger partial charge on any atom is -0.396 e. The van der Waals surface area contributed by atoms with Gasteiger partial charge in [-0.1, -0.05) is 0 Å². The van der Waals surface area contributed by atoms with Gasteiger partial charge in [-0.3, -0.25) is 0 Å². The molecule has 102 valence electrons. The first kappa shape index (κ1) is 14.3. The number of nitrogens with two attached hydrogens (primary N) is 1. The number of sulfonamides is 1. The lowest BCUT2D eigenvalue weighted by Gasteiger charge is -2.23. The second-order valence-electron chi connectivity index (χ2n) is 4.07. The minimum atomic E-state index is -3.61. The Morgan fingerprint density at radius 3 is 3.00 bits per heavy atom. The van der Waals surface area contributed by atoms with E-state index in [9.17, 15) is 8.42 Å². The molecule has 1 atom stereocenters. The summed E-state index contributed by atoms with van der Waals surface area (Å²) in [5, 5.41) is 17.3. The second-order valence-corrected chi connectivity index (χ2v) is 8.28. The second kappa shape index (κ2) is 5.89. The Morgan fingerprint density at radius 2 is 2.33 bits per heavy atom. The van der Waals surface area contributed by atoms with Crippen molar-refractivity contribution in [1.29, 1.82) is 0 Å². The fourth-order valence-electron chi connectivity index (χ4n) is 1.85. The van der Waals surface area contributed by atoms with E-state index in [1.165, 1.54) is 11.3 Å². The summed E-state index contributed by atoms with van der Waals surface area (Å²) in [4.78, 5) is 0. The molecule has 1 aliphatic rings. The van der Waals surface area contributed by atoms with Gasteiger partial charge in [0.05, 0.1) is 4.21 Å². The fourth-order valence-corrected chi connectivity index (χ4v) is 5.37. The zero-order chi connectivity index (χ0) is 13.2. The summed E-state index contributed by atoms with van der Waals surface area (Å²) in [6.45, 7) is 0.888. The molecule has 2 rings (SSSR count). The molecule has 1 aromatic heterocycles. The van der Waals surface area contributed by atoms with Crippen molar-refractivity contribution in [3.05, 3.63) is 11.6 Å². The van der Waals surface area contributed by atoms with E-state index in [1.807, 2.05) is 0 Å². The van der Waals surface area contributed by atoms with E-state index >= 15 is 0 Å². The summed E-state index contributed by atoms with van der Waals surface area (Å²) in [5.41, 5.74) is 1.03. The first-order chi connectivity index (χ1) is 8.52. The van der Waals surface area contributed by atoms with Crippen molar-refractivity contribution in [1.82, 2.24) is 5.32 Å². The molecular weight excluding hydrogens is 292 g/mol. The number of nitrogens with one attached hydrogen (secondary N) is 1. The molecule has 5 nitrogen and oxygen atoms in total. The molecule has 0 spiro atoms. The maximum absolute atomic E-state index is 11.3. The van der Waals surface area contributed by atoms with Crippen LogP contribution in [0.5, 0.6) is 0 Å². The molecule has 0 aliphatic carbocycles. The van der Waals surface area contributed by atoms with Gasteiger partial charge in [-0.15, -0.1) is 23.1 Å². The Kier molecular flexibility index (Phi) is 4.68. The molecule has 2 heterocycles. The van der Waals surface area contributed by atoms with Crippen molar-refractivity contribution in [2.45, 2.75) is 27.3 Å². The van der Waals surface area contributed by atoms with Crippen LogP contribution in [0, 0.1) is 0 Å². The predicted molar refractivity (Wildman–Crippen MR) is 73.5 cm³/mol. The molecule has 18 heavy (non-hydrogen) atoms. The van der Waals surface area contributed by atoms with Crippen molar-refractivity contribution in [2.75, 3.05) is 18.9 Å². The van der Waals surface area contributed by atoms with Crippen LogP contribution in [0.3, 0.4) is 0 Å². The lowest BCUT2D eigenvalue weighted by atomic mass is 10.1. The molecule has 8 heteroatoms. The van der Waals surface area contributed by atoms with Crippen molar-refractivity contribution in [3.63, 3.8) is 0 Å². The topological polar surface area (TPSA) is 92.4 Å². The molecule has 0 saturated heterocycles. The average molecular weight is 308 g/mol. The molecule has 0 amide bonds. The quantitative estimate of drug-likeness (QED) is 0.703. The Bertz CT molecular complexity index is 512. The summed E-state index contributed by atoms with van der Waals surface area (Å²) in [6.07, 6.45) is 1.66. The zero-order valence-corrected chi connectivity index (χ0v) is 12.2. The van der Waals surface area contributed by atoms with Gasteiger partial charge in [0.15, 0.2) is 0 Å². The largest absolute Gasteiger partial charge is 0.396 e. The number of rotatable bonds is 5. The lowest BCUT2D eigenvalue weighted by Crippen LogP contribution is -2.25. The normalized spacial score (nSPS) is 19.8. The van der Waals surface area contributed by atoms with Gasteiger partial charge in [0, 0.05) is 18.4 Å². The summed E-state index contributed by atoms with van der Waals surface area (Å²) in [6, 6.07) is 1.84. The van der Waals surface area contributed by atoms with Crippen molar-refractivity contribution in [3.8, 4) is 0 Å². The number of thiophene rings is 1. The number of hydrogen-bond acceptors (Lipinski definition) is 6. The molecule has 0 radical (unpaired) electrons. The summed E-state index contributed by atoms with van der Waals surface area (Å²) in [5.74, 6) is 0.967. The summed E-state index contributed by atoms with van der Waals surface area (Å²) < 4.78 is 24.0. The van der Waals surface area contributed by atoms with Crippen LogP contribution in [0.15, 0.2) is 14.5 Å². The van der Waals surface area contributed by atoms with Gasteiger partial charge in [-0.2, -0.15) is 0 Å². The monoisotopic (exact) mass is 308 g/mol. The van der Waals surface area contributed by atoms with Crippen LogP contribution >= 0.6 is 23.1 Å². The maximum Gasteiger partial charge on any atom is 0.247 e. The van der Waals surface area contributed by atoms with Crippen molar-refractivity contribution >= 4 is 33.1 Å². The van der Waals surface area contributed by atoms with Gasteiger partial charge < -0.3 is 10.4 Å². The van der Waals surface area contributed by atoms with Gasteiger partial charge in [0.1, 0.15) is 4.21 Å². The van der Waals surface area contributed by atoms with E-state index in [1.54, 1.807) is 17.8 Å². The summed E-state index contributed by atoms with van der Waals surface area (Å²) >= 11 is 2.92. The van der Waals surface area contributed by atoms with E-state index in [-0.39, 0.29) is 16.9 Å². The maximum atomic E-state index is 11.3. The number of fused-ring (bicyclic) bond motifs is 1. The van der Waals surface area contributed by atoms with Crippen LogP contribution in [0.25, 0.3) is 0 Å². The van der Waals surface area contributed by atoms with Crippen LogP contribution < -0.4 is 10.5 Å². The van der Waals surface area contributed by atoms with Gasteiger partial charge in [0.2, 0.25) is 10.0 Å². The standard InChI is InChI=1S/C10H16N2O3S3/c11-18(14,15)9-6-7-8(12-3-1-4-13)2-5-16-10(7)17-9/h6,8,12-13H,1-5H2,(H2,11,14,15). The van der Waals surface area contributed by atoms with E-state index in [4.69, 9.17) is 10.2 Å². The Labute approximate surface area is 115 Å². The van der Waals surface area contributed by atoms with Crippen LogP contribution in [0.2, 0.25) is 0 Å². The van der Waals surface area contributed by atoms with Gasteiger partial charge in [0.25, 0.3) is 0 Å². The van der Waals surface area contributed by atoms with E-state index in [0.29, 0.717) is 6.42 Å². The molecular formula is C10H16N2O3S3. The molecule has 0 fully saturated rings. The molecule has 0 bridgehead atoms. The molecule has 1 aliphatic heterocycles. The minimum absolute atomic E-state index is 0.160. The van der Waals surface area contributed by atoms with Crippen LogP contribution in [-0.2, 0) is 10.0 Å². The van der Waals surface area contributed by atoms with Gasteiger partial charge in [-0.25, -0.2) is 13.6 Å². The fraction of sp³-hybridized carbons (Fsp3) is 0.600. The number of thioether (sulfide) groups is 1. The average Bonchev–Trinajstić information content (AvgIpc) is 2.73. The summed E-state index contributed by atoms with van der Waals surface area (Å²) in [7, 11) is -3.61. The first-order valence-corrected chi connectivity index (χ1v) is 9.01. The Balaban J connectivity index is 2.18. The first-order valence-electron chi connectivity index (χ1n) is 5.66. The SMILES string of the molecule is NS(=O)(=O)c1cc2c(s1)SCCC2NCCCO. The van der Waals surface area contributed by atoms with Gasteiger partial charge in [-0.05, 0) is 31.0 Å². The highest BCUT2D eigenvalue weighted by Gasteiger charge is 2.25. The zero-order valence-electron chi connectivity index (χ0n) is 9.76. The van der Waals surface area contributed by atoms with E-state index < -0.39 is 10.0 Å². The molecule has 4 N–H and O–H groups in total. The Hall–Kier alpha value is -0.120. The van der Waals surface area contributed by atoms with Crippen LogP contribution in [0.1, 0.15) is 24.4 Å². The Morgan fingerprint density at radius 1 is 1.56 bits per heavy atom.